The Labute approximate surface area is 116 Å². The van der Waals surface area contributed by atoms with Crippen molar-refractivity contribution in [1.29, 1.82) is 0 Å². The average Bonchev–Trinajstić information content (AvgIpc) is 2.48. The van der Waals surface area contributed by atoms with Gasteiger partial charge in [-0.05, 0) is 30.2 Å². The smallest absolute Gasteiger partial charge is 0.129 e. The first-order chi connectivity index (χ1) is 9.24. The number of Topliss-reactive ketones (excluding diaryl/α,β-unsaturated/α-hetero) is 1. The molecule has 1 aromatic heterocycles. The van der Waals surface area contributed by atoms with Crippen LogP contribution in [0.25, 0.3) is 10.8 Å². The zero-order valence-corrected chi connectivity index (χ0v) is 12.5. The standard InChI is InChI=1S/C9H7N.C6H12O.C2H6/c1-2-4-9-7-10-6-5-8(9)3-1;1-3-4-5-6(2)7;1-2/h1-7H;3-5H2,1-2H3;1-2H3. The molecule has 0 saturated heterocycles. The highest BCUT2D eigenvalue weighted by Crippen LogP contribution is 2.09. The van der Waals surface area contributed by atoms with E-state index < -0.39 is 0 Å². The number of carbonyl (C=O) groups is 1. The fourth-order valence-electron chi connectivity index (χ4n) is 1.45. The van der Waals surface area contributed by atoms with Gasteiger partial charge in [-0.1, -0.05) is 51.5 Å². The lowest BCUT2D eigenvalue weighted by molar-refractivity contribution is -0.117. The number of carbonyl (C=O) groups excluding carboxylic acids is 1. The third-order valence-corrected chi connectivity index (χ3v) is 2.43. The van der Waals surface area contributed by atoms with E-state index in [0.717, 1.165) is 19.3 Å². The van der Waals surface area contributed by atoms with Gasteiger partial charge in [0, 0.05) is 18.8 Å². The van der Waals surface area contributed by atoms with Crippen LogP contribution in [-0.2, 0) is 4.79 Å². The van der Waals surface area contributed by atoms with Crippen LogP contribution in [0.5, 0.6) is 0 Å². The van der Waals surface area contributed by atoms with E-state index in [9.17, 15) is 4.79 Å². The summed E-state index contributed by atoms with van der Waals surface area (Å²) in [5.74, 6) is 0.307. The topological polar surface area (TPSA) is 30.0 Å². The van der Waals surface area contributed by atoms with Crippen molar-refractivity contribution in [2.24, 2.45) is 0 Å². The molecule has 2 aromatic rings. The van der Waals surface area contributed by atoms with Crippen molar-refractivity contribution < 1.29 is 4.79 Å². The minimum atomic E-state index is 0.307. The predicted molar refractivity (Wildman–Crippen MR) is 83.3 cm³/mol. The van der Waals surface area contributed by atoms with E-state index in [2.05, 4.69) is 24.0 Å². The largest absolute Gasteiger partial charge is 0.300 e. The number of ketones is 1. The number of unbranched alkanes of at least 4 members (excludes halogenated alkanes) is 1. The lowest BCUT2D eigenvalue weighted by Crippen LogP contribution is -1.86. The summed E-state index contributed by atoms with van der Waals surface area (Å²) in [4.78, 5) is 14.2. The molecule has 0 atom stereocenters. The Morgan fingerprint density at radius 1 is 1.11 bits per heavy atom. The van der Waals surface area contributed by atoms with E-state index in [4.69, 9.17) is 0 Å². The van der Waals surface area contributed by atoms with E-state index in [1.807, 2.05) is 44.4 Å². The number of pyridine rings is 1. The summed E-state index contributed by atoms with van der Waals surface area (Å²) in [5.41, 5.74) is 0. The molecular weight excluding hydrogens is 234 g/mol. The molecule has 0 radical (unpaired) electrons. The molecule has 1 aromatic carbocycles. The van der Waals surface area contributed by atoms with Crippen molar-refractivity contribution in [3.8, 4) is 0 Å². The number of hydrogen-bond acceptors (Lipinski definition) is 2. The van der Waals surface area contributed by atoms with Gasteiger partial charge < -0.3 is 4.79 Å². The van der Waals surface area contributed by atoms with Crippen molar-refractivity contribution >= 4 is 16.6 Å². The van der Waals surface area contributed by atoms with Crippen LogP contribution in [0.3, 0.4) is 0 Å². The van der Waals surface area contributed by atoms with Crippen LogP contribution >= 0.6 is 0 Å². The van der Waals surface area contributed by atoms with Crippen LogP contribution in [0.2, 0.25) is 0 Å². The summed E-state index contributed by atoms with van der Waals surface area (Å²) in [6, 6.07) is 10.2. The molecule has 0 aliphatic heterocycles. The maximum absolute atomic E-state index is 10.2. The predicted octanol–water partition coefficient (Wildman–Crippen LogP) is 5.03. The average molecular weight is 259 g/mol. The molecule has 2 nitrogen and oxygen atoms in total. The summed E-state index contributed by atoms with van der Waals surface area (Å²) in [5, 5.41) is 2.45. The van der Waals surface area contributed by atoms with E-state index >= 15 is 0 Å². The molecule has 0 N–H and O–H groups in total. The molecule has 0 unspecified atom stereocenters. The molecule has 0 saturated carbocycles. The highest BCUT2D eigenvalue weighted by atomic mass is 16.1. The zero-order chi connectivity index (χ0) is 14.5. The van der Waals surface area contributed by atoms with Gasteiger partial charge in [0.15, 0.2) is 0 Å². The fourth-order valence-corrected chi connectivity index (χ4v) is 1.45. The first-order valence-corrected chi connectivity index (χ1v) is 7.02. The van der Waals surface area contributed by atoms with Gasteiger partial charge in [0.25, 0.3) is 0 Å². The molecule has 0 amide bonds. The summed E-state index contributed by atoms with van der Waals surface area (Å²) in [6.07, 6.45) is 6.61. The summed E-state index contributed by atoms with van der Waals surface area (Å²) in [6.45, 7) is 7.72. The Kier molecular flexibility index (Phi) is 10.4. The van der Waals surface area contributed by atoms with Crippen molar-refractivity contribution in [3.05, 3.63) is 42.7 Å². The molecule has 0 fully saturated rings. The van der Waals surface area contributed by atoms with Gasteiger partial charge in [0.05, 0.1) is 0 Å². The lowest BCUT2D eigenvalue weighted by Gasteiger charge is -1.91. The maximum Gasteiger partial charge on any atom is 0.129 e. The number of nitrogens with zero attached hydrogens (tertiary/aromatic N) is 1. The molecule has 0 spiro atoms. The number of rotatable bonds is 3. The third-order valence-electron chi connectivity index (χ3n) is 2.43. The number of fused-ring (bicyclic) bond motifs is 1. The molecule has 0 bridgehead atoms. The number of hydrogen-bond donors (Lipinski definition) is 0. The lowest BCUT2D eigenvalue weighted by atomic mass is 10.2. The molecule has 2 heteroatoms. The normalized spacial score (nSPS) is 8.84. The van der Waals surface area contributed by atoms with Crippen LogP contribution < -0.4 is 0 Å². The first kappa shape index (κ1) is 17.3. The van der Waals surface area contributed by atoms with Crippen LogP contribution in [-0.4, -0.2) is 10.8 Å². The van der Waals surface area contributed by atoms with Crippen molar-refractivity contribution in [1.82, 2.24) is 4.98 Å². The second kappa shape index (κ2) is 11.4. The van der Waals surface area contributed by atoms with E-state index in [1.165, 1.54) is 10.8 Å². The zero-order valence-electron chi connectivity index (χ0n) is 12.5. The van der Waals surface area contributed by atoms with Crippen LogP contribution in [0.15, 0.2) is 42.7 Å². The summed E-state index contributed by atoms with van der Waals surface area (Å²) >= 11 is 0. The fraction of sp³-hybridized carbons (Fsp3) is 0.412. The first-order valence-electron chi connectivity index (χ1n) is 7.02. The van der Waals surface area contributed by atoms with Gasteiger partial charge in [0.2, 0.25) is 0 Å². The monoisotopic (exact) mass is 259 g/mol. The molecule has 2 rings (SSSR count). The quantitative estimate of drug-likeness (QED) is 0.774. The molecule has 0 aliphatic carbocycles. The Morgan fingerprint density at radius 3 is 2.21 bits per heavy atom. The van der Waals surface area contributed by atoms with Crippen molar-refractivity contribution in [2.75, 3.05) is 0 Å². The van der Waals surface area contributed by atoms with Gasteiger partial charge in [-0.15, -0.1) is 0 Å². The van der Waals surface area contributed by atoms with E-state index in [0.29, 0.717) is 5.78 Å². The Bertz CT molecular complexity index is 400. The Morgan fingerprint density at radius 2 is 1.74 bits per heavy atom. The number of aromatic nitrogens is 1. The van der Waals surface area contributed by atoms with E-state index in [-0.39, 0.29) is 0 Å². The molecule has 19 heavy (non-hydrogen) atoms. The number of benzene rings is 1. The third kappa shape index (κ3) is 8.09. The van der Waals surface area contributed by atoms with Gasteiger partial charge in [-0.25, -0.2) is 0 Å². The van der Waals surface area contributed by atoms with Gasteiger partial charge in [0.1, 0.15) is 5.78 Å². The Balaban J connectivity index is 0.000000321. The van der Waals surface area contributed by atoms with Crippen LogP contribution in [0.1, 0.15) is 47.0 Å². The SMILES string of the molecule is CC.CCCCC(C)=O.c1ccc2cnccc2c1. The van der Waals surface area contributed by atoms with Crippen molar-refractivity contribution in [3.63, 3.8) is 0 Å². The second-order valence-electron chi connectivity index (χ2n) is 4.03. The van der Waals surface area contributed by atoms with Crippen LogP contribution in [0, 0.1) is 0 Å². The highest BCUT2D eigenvalue weighted by molar-refractivity contribution is 5.80. The van der Waals surface area contributed by atoms with E-state index in [1.54, 1.807) is 6.92 Å². The van der Waals surface area contributed by atoms with Gasteiger partial charge in [-0.2, -0.15) is 0 Å². The highest BCUT2D eigenvalue weighted by Gasteiger charge is 1.87. The molecule has 1 heterocycles. The molecular formula is C17H25NO. The second-order valence-corrected chi connectivity index (χ2v) is 4.03. The summed E-state index contributed by atoms with van der Waals surface area (Å²) in [7, 11) is 0. The van der Waals surface area contributed by atoms with Crippen LogP contribution in [0.4, 0.5) is 0 Å². The minimum Gasteiger partial charge on any atom is -0.300 e. The molecule has 0 aliphatic rings. The maximum atomic E-state index is 10.2. The Hall–Kier alpha value is -1.70. The molecule has 104 valence electrons. The minimum absolute atomic E-state index is 0.307. The van der Waals surface area contributed by atoms with Crippen molar-refractivity contribution in [2.45, 2.75) is 47.0 Å². The van der Waals surface area contributed by atoms with Gasteiger partial charge >= 0.3 is 0 Å². The van der Waals surface area contributed by atoms with Gasteiger partial charge in [-0.3, -0.25) is 4.98 Å². The summed E-state index contributed by atoms with van der Waals surface area (Å²) < 4.78 is 0.